The van der Waals surface area contributed by atoms with E-state index in [1.54, 1.807) is 24.9 Å². The van der Waals surface area contributed by atoms with Gasteiger partial charge in [0, 0.05) is 39.1 Å². The molecule has 2 fully saturated rings. The molecule has 0 spiro atoms. The van der Waals surface area contributed by atoms with Crippen LogP contribution in [0.15, 0.2) is 17.3 Å². The van der Waals surface area contributed by atoms with E-state index >= 15 is 0 Å². The molecule has 2 aliphatic heterocycles. The third-order valence-corrected chi connectivity index (χ3v) is 8.36. The molecule has 2 aromatic rings. The molecule has 164 valence electrons. The zero-order valence-corrected chi connectivity index (χ0v) is 18.5. The smallest absolute Gasteiger partial charge is 0.257 e. The van der Waals surface area contributed by atoms with Crippen molar-refractivity contribution in [1.82, 2.24) is 29.2 Å². The Bertz CT molecular complexity index is 1000. The van der Waals surface area contributed by atoms with Crippen molar-refractivity contribution in [3.8, 4) is 0 Å². The molecule has 2 aliphatic rings. The van der Waals surface area contributed by atoms with Crippen LogP contribution in [-0.2, 0) is 17.1 Å². The van der Waals surface area contributed by atoms with Crippen molar-refractivity contribution in [2.75, 3.05) is 26.2 Å². The van der Waals surface area contributed by atoms with Crippen molar-refractivity contribution < 1.29 is 13.2 Å². The average molecular weight is 435 g/mol. The highest BCUT2D eigenvalue weighted by Crippen LogP contribution is 2.32. The molecular formula is C20H30N6O3S. The summed E-state index contributed by atoms with van der Waals surface area (Å²) in [5.41, 5.74) is 1.96. The second kappa shape index (κ2) is 8.50. The molecule has 1 N–H and O–H groups in total. The van der Waals surface area contributed by atoms with Gasteiger partial charge in [0.05, 0.1) is 29.3 Å². The number of nitrogens with zero attached hydrogens (tertiary/aromatic N) is 5. The Morgan fingerprint density at radius 2 is 1.83 bits per heavy atom. The highest BCUT2D eigenvalue weighted by atomic mass is 32.2. The molecule has 2 aromatic heterocycles. The zero-order valence-electron chi connectivity index (χ0n) is 17.7. The van der Waals surface area contributed by atoms with Crippen molar-refractivity contribution in [3.05, 3.63) is 29.3 Å². The monoisotopic (exact) mass is 434 g/mol. The van der Waals surface area contributed by atoms with Crippen LogP contribution < -0.4 is 0 Å². The molecule has 1 atom stereocenters. The van der Waals surface area contributed by atoms with E-state index in [9.17, 15) is 13.2 Å². The van der Waals surface area contributed by atoms with Gasteiger partial charge in [-0.2, -0.15) is 14.5 Å². The third kappa shape index (κ3) is 3.90. The summed E-state index contributed by atoms with van der Waals surface area (Å²) in [6.45, 7) is 4.10. The molecule has 0 saturated carbocycles. The van der Waals surface area contributed by atoms with Crippen LogP contribution in [0.5, 0.6) is 0 Å². The molecule has 10 heteroatoms. The highest BCUT2D eigenvalue weighted by Gasteiger charge is 2.35. The summed E-state index contributed by atoms with van der Waals surface area (Å²) in [4.78, 5) is 15.3. The van der Waals surface area contributed by atoms with Crippen LogP contribution in [-0.4, -0.2) is 69.7 Å². The fraction of sp³-hybridized carbons (Fsp3) is 0.650. The number of carbonyl (C=O) groups is 1. The number of sulfonamides is 1. The predicted octanol–water partition coefficient (Wildman–Crippen LogP) is 2.04. The number of aromatic amines is 1. The lowest BCUT2D eigenvalue weighted by Crippen LogP contribution is -2.40. The van der Waals surface area contributed by atoms with E-state index in [1.165, 1.54) is 10.5 Å². The fourth-order valence-electron chi connectivity index (χ4n) is 4.49. The van der Waals surface area contributed by atoms with Gasteiger partial charge in [-0.05, 0) is 32.6 Å². The normalized spacial score (nSPS) is 21.5. The minimum atomic E-state index is -3.63. The van der Waals surface area contributed by atoms with E-state index in [0.29, 0.717) is 24.3 Å². The summed E-state index contributed by atoms with van der Waals surface area (Å²) in [6.07, 6.45) is 8.94. The molecule has 0 radical (unpaired) electrons. The lowest BCUT2D eigenvalue weighted by atomic mass is 9.93. The van der Waals surface area contributed by atoms with Crippen molar-refractivity contribution in [1.29, 1.82) is 0 Å². The Balaban J connectivity index is 1.55. The van der Waals surface area contributed by atoms with E-state index in [1.807, 2.05) is 4.90 Å². The summed E-state index contributed by atoms with van der Waals surface area (Å²) in [6, 6.07) is 0. The topological polar surface area (TPSA) is 104 Å². The minimum Gasteiger partial charge on any atom is -0.339 e. The molecule has 4 heterocycles. The molecule has 30 heavy (non-hydrogen) atoms. The summed E-state index contributed by atoms with van der Waals surface area (Å²) in [5, 5.41) is 11.2. The fourth-order valence-corrected chi connectivity index (χ4v) is 6.20. The lowest BCUT2D eigenvalue weighted by Gasteiger charge is -2.32. The largest absolute Gasteiger partial charge is 0.339 e. The molecule has 4 rings (SSSR count). The van der Waals surface area contributed by atoms with Gasteiger partial charge < -0.3 is 4.90 Å². The number of aryl methyl sites for hydroxylation is 1. The van der Waals surface area contributed by atoms with Gasteiger partial charge in [-0.15, -0.1) is 0 Å². The van der Waals surface area contributed by atoms with Gasteiger partial charge >= 0.3 is 0 Å². The number of carbonyl (C=O) groups excluding carboxylic acids is 1. The Hall–Kier alpha value is -2.20. The Labute approximate surface area is 177 Å². The number of piperidine rings is 1. The van der Waals surface area contributed by atoms with E-state index in [2.05, 4.69) is 15.3 Å². The van der Waals surface area contributed by atoms with Crippen molar-refractivity contribution >= 4 is 15.9 Å². The number of nitrogens with one attached hydrogen (secondary N) is 1. The first-order valence-corrected chi connectivity index (χ1v) is 12.1. The van der Waals surface area contributed by atoms with E-state index in [0.717, 1.165) is 57.3 Å². The number of hydrogen-bond acceptors (Lipinski definition) is 5. The highest BCUT2D eigenvalue weighted by molar-refractivity contribution is 7.89. The van der Waals surface area contributed by atoms with Gasteiger partial charge in [-0.3, -0.25) is 14.6 Å². The van der Waals surface area contributed by atoms with Crippen LogP contribution in [0, 0.1) is 6.92 Å². The molecule has 0 aliphatic carbocycles. The van der Waals surface area contributed by atoms with Gasteiger partial charge in [-0.25, -0.2) is 8.42 Å². The summed E-state index contributed by atoms with van der Waals surface area (Å²) in [7, 11) is -1.90. The molecular weight excluding hydrogens is 404 g/mol. The Kier molecular flexibility index (Phi) is 5.97. The van der Waals surface area contributed by atoms with Crippen molar-refractivity contribution in [3.63, 3.8) is 0 Å². The second-order valence-corrected chi connectivity index (χ2v) is 10.2. The number of hydrogen-bond donors (Lipinski definition) is 1. The average Bonchev–Trinajstić information content (AvgIpc) is 3.25. The van der Waals surface area contributed by atoms with Gasteiger partial charge in [-0.1, -0.05) is 12.8 Å². The maximum Gasteiger partial charge on any atom is 0.257 e. The van der Waals surface area contributed by atoms with Crippen LogP contribution >= 0.6 is 0 Å². The van der Waals surface area contributed by atoms with E-state index in [4.69, 9.17) is 0 Å². The molecule has 0 unspecified atom stereocenters. The van der Waals surface area contributed by atoms with Crippen LogP contribution in [0.2, 0.25) is 0 Å². The SMILES string of the molecule is Cc1c(S(=O)(=O)N2CCC[C@@H](c3[nH]ncc3C(=O)N3CCCCCC3)C2)cnn1C. The number of amides is 1. The van der Waals surface area contributed by atoms with Crippen LogP contribution in [0.1, 0.15) is 66.2 Å². The predicted molar refractivity (Wildman–Crippen MR) is 112 cm³/mol. The first kappa shape index (κ1) is 21.0. The number of aromatic nitrogens is 4. The van der Waals surface area contributed by atoms with Gasteiger partial charge in [0.1, 0.15) is 4.90 Å². The van der Waals surface area contributed by atoms with Gasteiger partial charge in [0.2, 0.25) is 10.0 Å². The molecule has 2 saturated heterocycles. The summed E-state index contributed by atoms with van der Waals surface area (Å²) >= 11 is 0. The maximum atomic E-state index is 13.2. The first-order valence-electron chi connectivity index (χ1n) is 10.7. The van der Waals surface area contributed by atoms with E-state index in [-0.39, 0.29) is 16.7 Å². The van der Waals surface area contributed by atoms with Crippen LogP contribution in [0.4, 0.5) is 0 Å². The molecule has 0 bridgehead atoms. The first-order chi connectivity index (χ1) is 14.4. The summed E-state index contributed by atoms with van der Waals surface area (Å²) in [5.74, 6) is -0.0809. The minimum absolute atomic E-state index is 0.00346. The number of rotatable bonds is 4. The maximum absolute atomic E-state index is 13.2. The van der Waals surface area contributed by atoms with Gasteiger partial charge in [0.25, 0.3) is 5.91 Å². The van der Waals surface area contributed by atoms with Gasteiger partial charge in [0.15, 0.2) is 0 Å². The Morgan fingerprint density at radius 3 is 2.50 bits per heavy atom. The standard InChI is InChI=1S/C20H30N6O3S/c1-15-18(13-22-24(15)2)30(28,29)26-11-7-8-16(14-26)19-17(12-21-23-19)20(27)25-9-5-3-4-6-10-25/h12-13,16H,3-11,14H2,1-2H3,(H,21,23)/t16-/m1/s1. The second-order valence-electron chi connectivity index (χ2n) is 8.32. The van der Waals surface area contributed by atoms with Crippen molar-refractivity contribution in [2.45, 2.75) is 56.3 Å². The number of H-pyrrole nitrogens is 1. The van der Waals surface area contributed by atoms with Crippen LogP contribution in [0.25, 0.3) is 0 Å². The number of likely N-dealkylation sites (tertiary alicyclic amines) is 1. The Morgan fingerprint density at radius 1 is 1.10 bits per heavy atom. The summed E-state index contributed by atoms with van der Waals surface area (Å²) < 4.78 is 29.5. The molecule has 9 nitrogen and oxygen atoms in total. The van der Waals surface area contributed by atoms with Crippen LogP contribution in [0.3, 0.4) is 0 Å². The molecule has 1 amide bonds. The zero-order chi connectivity index (χ0) is 21.3. The third-order valence-electron chi connectivity index (χ3n) is 6.39. The molecule has 0 aromatic carbocycles. The lowest BCUT2D eigenvalue weighted by molar-refractivity contribution is 0.0759. The van der Waals surface area contributed by atoms with E-state index < -0.39 is 10.0 Å². The van der Waals surface area contributed by atoms with Crippen molar-refractivity contribution in [2.24, 2.45) is 7.05 Å². The quantitative estimate of drug-likeness (QED) is 0.793.